The zero-order valence-electron chi connectivity index (χ0n) is 19.1. The molecule has 1 heterocycles. The van der Waals surface area contributed by atoms with Crippen molar-refractivity contribution in [1.29, 1.82) is 0 Å². The molecular weight excluding hydrogens is 458 g/mol. The summed E-state index contributed by atoms with van der Waals surface area (Å²) in [5.41, 5.74) is 6.05. The number of hydrogen-bond donors (Lipinski definition) is 0. The van der Waals surface area contributed by atoms with E-state index in [1.54, 1.807) is 4.31 Å². The van der Waals surface area contributed by atoms with Crippen LogP contribution in [0, 0.1) is 5.92 Å². The van der Waals surface area contributed by atoms with Gasteiger partial charge in [0.2, 0.25) is 10.0 Å². The number of piperidine rings is 1. The Labute approximate surface area is 197 Å². The summed E-state index contributed by atoms with van der Waals surface area (Å²) >= 11 is 0. The first-order valence-corrected chi connectivity index (χ1v) is 15.0. The van der Waals surface area contributed by atoms with E-state index in [1.165, 1.54) is 34.1 Å². The fraction of sp³-hybridized carbons (Fsp3) is 0.440. The average Bonchev–Trinajstić information content (AvgIpc) is 2.90. The highest BCUT2D eigenvalue weighted by molar-refractivity contribution is 7.88. The zero-order chi connectivity index (χ0) is 23.6. The quantitative estimate of drug-likeness (QED) is 0.432. The van der Waals surface area contributed by atoms with E-state index in [-0.39, 0.29) is 12.5 Å². The molecule has 6 nitrogen and oxygen atoms in total. The van der Waals surface area contributed by atoms with Crippen LogP contribution in [0.3, 0.4) is 0 Å². The van der Waals surface area contributed by atoms with Gasteiger partial charge in [0.25, 0.3) is 10.1 Å². The third kappa shape index (κ3) is 5.74. The standard InChI is InChI=1S/C25H31NO5S2/c1-32(27,28)26-15-13-19(14-16-26)25-23-11-4-3-8-21(23)18-20(9-7-17-31-33(2,29)30)22-10-5-6-12-24(22)25/h3-6,8,10-12,18-19,25H,7,9,13-17H2,1-2H3. The maximum atomic E-state index is 12.0. The minimum atomic E-state index is -3.45. The Balaban J connectivity index is 1.66. The Morgan fingerprint density at radius 2 is 1.55 bits per heavy atom. The Bertz CT molecular complexity index is 1240. The third-order valence-corrected chi connectivity index (χ3v) is 8.53. The van der Waals surface area contributed by atoms with Crippen LogP contribution in [0.2, 0.25) is 0 Å². The fourth-order valence-corrected chi connectivity index (χ4v) is 6.44. The lowest BCUT2D eigenvalue weighted by Gasteiger charge is -2.36. The molecule has 0 bridgehead atoms. The monoisotopic (exact) mass is 489 g/mol. The van der Waals surface area contributed by atoms with E-state index in [0.717, 1.165) is 19.1 Å². The second kappa shape index (κ2) is 9.70. The second-order valence-electron chi connectivity index (χ2n) is 8.99. The van der Waals surface area contributed by atoms with Crippen molar-refractivity contribution in [3.63, 3.8) is 0 Å². The molecular formula is C25H31NO5S2. The number of hydrogen-bond acceptors (Lipinski definition) is 5. The van der Waals surface area contributed by atoms with Crippen LogP contribution in [-0.4, -0.2) is 53.3 Å². The van der Waals surface area contributed by atoms with Gasteiger partial charge in [-0.2, -0.15) is 8.42 Å². The van der Waals surface area contributed by atoms with Crippen LogP contribution in [0.1, 0.15) is 53.9 Å². The van der Waals surface area contributed by atoms with Gasteiger partial charge in [0.15, 0.2) is 0 Å². The maximum absolute atomic E-state index is 12.0. The molecule has 1 aliphatic heterocycles. The third-order valence-electron chi connectivity index (χ3n) is 6.63. The molecule has 2 aromatic carbocycles. The lowest BCUT2D eigenvalue weighted by Crippen LogP contribution is -2.39. The summed E-state index contributed by atoms with van der Waals surface area (Å²) in [5, 5.41) is 0. The lowest BCUT2D eigenvalue weighted by atomic mass is 9.74. The van der Waals surface area contributed by atoms with E-state index in [1.807, 2.05) is 12.1 Å². The minimum Gasteiger partial charge on any atom is -0.270 e. The minimum absolute atomic E-state index is 0.160. The second-order valence-corrected chi connectivity index (χ2v) is 12.6. The van der Waals surface area contributed by atoms with E-state index < -0.39 is 20.1 Å². The zero-order valence-corrected chi connectivity index (χ0v) is 20.7. The van der Waals surface area contributed by atoms with Crippen LogP contribution >= 0.6 is 0 Å². The van der Waals surface area contributed by atoms with Gasteiger partial charge in [-0.25, -0.2) is 12.7 Å². The molecule has 0 saturated carbocycles. The van der Waals surface area contributed by atoms with Crippen LogP contribution in [-0.2, 0) is 24.3 Å². The number of fused-ring (bicyclic) bond motifs is 2. The van der Waals surface area contributed by atoms with Gasteiger partial charge in [0, 0.05) is 19.0 Å². The summed E-state index contributed by atoms with van der Waals surface area (Å²) in [6.07, 6.45) is 7.53. The van der Waals surface area contributed by atoms with Gasteiger partial charge in [-0.15, -0.1) is 0 Å². The normalized spacial score (nSPS) is 19.9. The SMILES string of the molecule is CS(=O)(=O)OCCCC1=Cc2ccccc2C(C2CCN(S(C)(=O)=O)CC2)c2ccccc21. The fourth-order valence-electron chi connectivity index (χ4n) is 5.15. The highest BCUT2D eigenvalue weighted by Gasteiger charge is 2.34. The molecule has 0 amide bonds. The van der Waals surface area contributed by atoms with Gasteiger partial charge in [0.05, 0.1) is 19.1 Å². The maximum Gasteiger partial charge on any atom is 0.264 e. The highest BCUT2D eigenvalue weighted by Crippen LogP contribution is 2.45. The number of benzene rings is 2. The largest absolute Gasteiger partial charge is 0.270 e. The average molecular weight is 490 g/mol. The first-order chi connectivity index (χ1) is 15.6. The number of rotatable bonds is 7. The molecule has 2 aromatic rings. The van der Waals surface area contributed by atoms with Crippen LogP contribution in [0.15, 0.2) is 48.5 Å². The van der Waals surface area contributed by atoms with Gasteiger partial charge < -0.3 is 0 Å². The van der Waals surface area contributed by atoms with E-state index in [2.05, 4.69) is 42.5 Å². The topological polar surface area (TPSA) is 80.8 Å². The Morgan fingerprint density at radius 3 is 2.21 bits per heavy atom. The molecule has 1 aliphatic carbocycles. The lowest BCUT2D eigenvalue weighted by molar-refractivity contribution is 0.257. The van der Waals surface area contributed by atoms with Crippen molar-refractivity contribution in [2.24, 2.45) is 5.92 Å². The summed E-state index contributed by atoms with van der Waals surface area (Å²) < 4.78 is 53.2. The predicted octanol–water partition coefficient (Wildman–Crippen LogP) is 4.10. The Morgan fingerprint density at radius 1 is 0.909 bits per heavy atom. The van der Waals surface area contributed by atoms with Gasteiger partial charge >= 0.3 is 0 Å². The molecule has 33 heavy (non-hydrogen) atoms. The van der Waals surface area contributed by atoms with Crippen molar-refractivity contribution >= 4 is 31.8 Å². The van der Waals surface area contributed by atoms with Crippen LogP contribution < -0.4 is 0 Å². The predicted molar refractivity (Wildman–Crippen MR) is 132 cm³/mol. The first kappa shape index (κ1) is 24.1. The summed E-state index contributed by atoms with van der Waals surface area (Å²) in [4.78, 5) is 0. The van der Waals surface area contributed by atoms with E-state index in [0.29, 0.717) is 31.8 Å². The van der Waals surface area contributed by atoms with Gasteiger partial charge in [-0.05, 0) is 59.4 Å². The van der Waals surface area contributed by atoms with Gasteiger partial charge in [-0.3, -0.25) is 4.18 Å². The molecule has 1 unspecified atom stereocenters. The van der Waals surface area contributed by atoms with Crippen molar-refractivity contribution in [2.75, 3.05) is 32.2 Å². The first-order valence-electron chi connectivity index (χ1n) is 11.3. The van der Waals surface area contributed by atoms with Crippen molar-refractivity contribution in [2.45, 2.75) is 31.6 Å². The Hall–Kier alpha value is -2.00. The number of sulfonamides is 1. The molecule has 178 valence electrons. The molecule has 0 aromatic heterocycles. The van der Waals surface area contributed by atoms with E-state index >= 15 is 0 Å². The van der Waals surface area contributed by atoms with Crippen molar-refractivity contribution in [3.05, 3.63) is 70.8 Å². The highest BCUT2D eigenvalue weighted by atomic mass is 32.2. The molecule has 8 heteroatoms. The molecule has 0 N–H and O–H groups in total. The van der Waals surface area contributed by atoms with E-state index in [9.17, 15) is 16.8 Å². The molecule has 4 rings (SSSR count). The molecule has 0 spiro atoms. The number of nitrogens with zero attached hydrogens (tertiary/aromatic N) is 1. The summed E-state index contributed by atoms with van der Waals surface area (Å²) in [5.74, 6) is 0.520. The number of allylic oxidation sites excluding steroid dienone is 1. The van der Waals surface area contributed by atoms with Crippen molar-refractivity contribution in [3.8, 4) is 0 Å². The van der Waals surface area contributed by atoms with Gasteiger partial charge in [0.1, 0.15) is 0 Å². The van der Waals surface area contributed by atoms with Crippen LogP contribution in [0.4, 0.5) is 0 Å². The Kier molecular flexibility index (Phi) is 7.09. The smallest absolute Gasteiger partial charge is 0.264 e. The van der Waals surface area contributed by atoms with Gasteiger partial charge in [-0.1, -0.05) is 54.6 Å². The summed E-state index contributed by atoms with van der Waals surface area (Å²) in [6, 6.07) is 16.9. The molecule has 1 saturated heterocycles. The molecule has 0 radical (unpaired) electrons. The summed E-state index contributed by atoms with van der Waals surface area (Å²) in [6.45, 7) is 1.26. The van der Waals surface area contributed by atoms with Crippen molar-refractivity contribution in [1.82, 2.24) is 4.31 Å². The summed E-state index contributed by atoms with van der Waals surface area (Å²) in [7, 11) is -6.62. The van der Waals surface area contributed by atoms with Crippen molar-refractivity contribution < 1.29 is 21.0 Å². The molecule has 2 aliphatic rings. The van der Waals surface area contributed by atoms with Crippen LogP contribution in [0.5, 0.6) is 0 Å². The van der Waals surface area contributed by atoms with Crippen LogP contribution in [0.25, 0.3) is 11.6 Å². The molecule has 1 fully saturated rings. The molecule has 1 atom stereocenters. The van der Waals surface area contributed by atoms with E-state index in [4.69, 9.17) is 4.18 Å².